The van der Waals surface area contributed by atoms with Crippen LogP contribution in [-0.4, -0.2) is 34.1 Å². The highest BCUT2D eigenvalue weighted by molar-refractivity contribution is 5.06. The van der Waals surface area contributed by atoms with Crippen molar-refractivity contribution in [3.8, 4) is 6.01 Å². The van der Waals surface area contributed by atoms with E-state index in [0.717, 1.165) is 18.8 Å². The Morgan fingerprint density at radius 2 is 2.31 bits per heavy atom. The van der Waals surface area contributed by atoms with E-state index in [1.54, 1.807) is 13.3 Å². The van der Waals surface area contributed by atoms with E-state index in [0.29, 0.717) is 6.01 Å². The summed E-state index contributed by atoms with van der Waals surface area (Å²) < 4.78 is 5.03. The summed E-state index contributed by atoms with van der Waals surface area (Å²) in [5.41, 5.74) is 1.32. The maximum Gasteiger partial charge on any atom is 0.316 e. The Bertz CT molecular complexity index is 365. The monoisotopic (exact) mass is 221 g/mol. The molecule has 1 aromatic heterocycles. The van der Waals surface area contributed by atoms with Gasteiger partial charge >= 0.3 is 6.01 Å². The lowest BCUT2D eigenvalue weighted by molar-refractivity contribution is 0.164. The molecule has 0 bridgehead atoms. The molecule has 0 aromatic carbocycles. The minimum Gasteiger partial charge on any atom is -0.467 e. The van der Waals surface area contributed by atoms with Gasteiger partial charge in [-0.3, -0.25) is 4.90 Å². The van der Waals surface area contributed by atoms with Gasteiger partial charge in [0.1, 0.15) is 0 Å². The summed E-state index contributed by atoms with van der Waals surface area (Å²) in [6.07, 6.45) is 4.29. The largest absolute Gasteiger partial charge is 0.467 e. The average molecular weight is 221 g/mol. The fraction of sp³-hybridized carbons (Fsp3) is 0.667. The Balaban J connectivity index is 2.08. The van der Waals surface area contributed by atoms with E-state index in [-0.39, 0.29) is 5.54 Å². The third-order valence-electron chi connectivity index (χ3n) is 3.30. The normalized spacial score (nSPS) is 19.9. The molecule has 0 amide bonds. The molecule has 88 valence electrons. The van der Waals surface area contributed by atoms with E-state index in [9.17, 15) is 0 Å². The Morgan fingerprint density at radius 1 is 1.50 bits per heavy atom. The van der Waals surface area contributed by atoms with Crippen LogP contribution in [-0.2, 0) is 6.54 Å². The van der Waals surface area contributed by atoms with E-state index in [2.05, 4.69) is 28.7 Å². The number of nitrogens with zero attached hydrogens (tertiary/aromatic N) is 3. The molecule has 1 aliphatic rings. The Hall–Kier alpha value is -1.16. The Morgan fingerprint density at radius 3 is 2.94 bits per heavy atom. The van der Waals surface area contributed by atoms with E-state index < -0.39 is 0 Å². The van der Waals surface area contributed by atoms with Crippen LogP contribution in [0.1, 0.15) is 32.4 Å². The minimum atomic E-state index is 0.290. The molecule has 16 heavy (non-hydrogen) atoms. The molecule has 2 heterocycles. The first-order valence-corrected chi connectivity index (χ1v) is 5.73. The molecule has 1 aromatic rings. The molecule has 1 fully saturated rings. The predicted molar refractivity (Wildman–Crippen MR) is 62.3 cm³/mol. The number of ether oxygens (including phenoxy) is 1. The van der Waals surface area contributed by atoms with E-state index >= 15 is 0 Å². The van der Waals surface area contributed by atoms with Gasteiger partial charge in [0.05, 0.1) is 12.8 Å². The van der Waals surface area contributed by atoms with Crippen molar-refractivity contribution in [1.82, 2.24) is 14.9 Å². The summed E-state index contributed by atoms with van der Waals surface area (Å²) >= 11 is 0. The molecule has 2 rings (SSSR count). The third-order valence-corrected chi connectivity index (χ3v) is 3.30. The van der Waals surface area contributed by atoms with Gasteiger partial charge in [-0.25, -0.2) is 4.98 Å². The Kier molecular flexibility index (Phi) is 3.10. The van der Waals surface area contributed by atoms with Crippen molar-refractivity contribution in [2.75, 3.05) is 13.7 Å². The number of aromatic nitrogens is 2. The summed E-state index contributed by atoms with van der Waals surface area (Å²) in [6, 6.07) is 2.41. The first-order chi connectivity index (χ1) is 7.62. The van der Waals surface area contributed by atoms with E-state index in [4.69, 9.17) is 4.74 Å². The van der Waals surface area contributed by atoms with Crippen LogP contribution in [0.15, 0.2) is 12.3 Å². The second-order valence-electron chi connectivity index (χ2n) is 4.87. The number of methoxy groups -OCH3 is 1. The van der Waals surface area contributed by atoms with Crippen LogP contribution in [0.25, 0.3) is 0 Å². The molecule has 4 heteroatoms. The fourth-order valence-corrected chi connectivity index (χ4v) is 2.21. The van der Waals surface area contributed by atoms with Gasteiger partial charge < -0.3 is 4.74 Å². The average Bonchev–Trinajstić information content (AvgIpc) is 2.59. The molecule has 0 radical (unpaired) electrons. The number of hydrogen-bond donors (Lipinski definition) is 0. The molecule has 0 unspecified atom stereocenters. The van der Waals surface area contributed by atoms with Gasteiger partial charge in [-0.05, 0) is 39.3 Å². The smallest absolute Gasteiger partial charge is 0.316 e. The molecule has 4 nitrogen and oxygen atoms in total. The van der Waals surface area contributed by atoms with Crippen LogP contribution in [0.2, 0.25) is 0 Å². The molecule has 0 atom stereocenters. The van der Waals surface area contributed by atoms with Gasteiger partial charge in [-0.1, -0.05) is 0 Å². The molecule has 0 N–H and O–H groups in total. The van der Waals surface area contributed by atoms with Crippen molar-refractivity contribution in [3.05, 3.63) is 18.0 Å². The zero-order valence-electron chi connectivity index (χ0n) is 10.2. The summed E-state index contributed by atoms with van der Waals surface area (Å²) in [4.78, 5) is 10.8. The highest BCUT2D eigenvalue weighted by atomic mass is 16.5. The van der Waals surface area contributed by atoms with Crippen LogP contribution < -0.4 is 4.74 Å². The van der Waals surface area contributed by atoms with Crippen LogP contribution in [0.3, 0.4) is 0 Å². The van der Waals surface area contributed by atoms with Gasteiger partial charge in [0.2, 0.25) is 0 Å². The van der Waals surface area contributed by atoms with Crippen molar-refractivity contribution < 1.29 is 4.74 Å². The summed E-state index contributed by atoms with van der Waals surface area (Å²) in [5, 5.41) is 0. The maximum absolute atomic E-state index is 5.03. The minimum absolute atomic E-state index is 0.290. The second kappa shape index (κ2) is 4.37. The molecular weight excluding hydrogens is 202 g/mol. The standard InChI is InChI=1S/C12H19N3O/c1-12(2)6-4-8-15(12)9-10-5-7-13-11(14-10)16-3/h5,7H,4,6,8-9H2,1-3H3. The molecule has 0 aliphatic carbocycles. The number of rotatable bonds is 3. The lowest BCUT2D eigenvalue weighted by atomic mass is 10.0. The van der Waals surface area contributed by atoms with E-state index in [1.807, 2.05) is 6.07 Å². The van der Waals surface area contributed by atoms with Crippen molar-refractivity contribution in [1.29, 1.82) is 0 Å². The van der Waals surface area contributed by atoms with Crippen LogP contribution in [0.4, 0.5) is 0 Å². The third kappa shape index (κ3) is 2.32. The van der Waals surface area contributed by atoms with Gasteiger partial charge in [-0.2, -0.15) is 4.98 Å². The van der Waals surface area contributed by atoms with Crippen LogP contribution in [0, 0.1) is 0 Å². The number of likely N-dealkylation sites (tertiary alicyclic amines) is 1. The maximum atomic E-state index is 5.03. The fourth-order valence-electron chi connectivity index (χ4n) is 2.21. The summed E-state index contributed by atoms with van der Waals surface area (Å²) in [5.74, 6) is 0. The zero-order valence-corrected chi connectivity index (χ0v) is 10.2. The summed E-state index contributed by atoms with van der Waals surface area (Å²) in [6.45, 7) is 6.61. The number of hydrogen-bond acceptors (Lipinski definition) is 4. The quantitative estimate of drug-likeness (QED) is 0.781. The van der Waals surface area contributed by atoms with Crippen molar-refractivity contribution in [2.45, 2.75) is 38.8 Å². The van der Waals surface area contributed by atoms with Crippen LogP contribution >= 0.6 is 0 Å². The van der Waals surface area contributed by atoms with Crippen molar-refractivity contribution in [2.24, 2.45) is 0 Å². The molecule has 0 spiro atoms. The van der Waals surface area contributed by atoms with Crippen molar-refractivity contribution in [3.63, 3.8) is 0 Å². The highest BCUT2D eigenvalue weighted by Crippen LogP contribution is 2.29. The zero-order chi connectivity index (χ0) is 11.6. The molecule has 1 aliphatic heterocycles. The second-order valence-corrected chi connectivity index (χ2v) is 4.87. The van der Waals surface area contributed by atoms with Crippen LogP contribution in [0.5, 0.6) is 6.01 Å². The SMILES string of the molecule is COc1nccc(CN2CCCC2(C)C)n1. The van der Waals surface area contributed by atoms with Gasteiger partial charge in [0.25, 0.3) is 0 Å². The summed E-state index contributed by atoms with van der Waals surface area (Å²) in [7, 11) is 1.60. The lowest BCUT2D eigenvalue weighted by Gasteiger charge is -2.31. The van der Waals surface area contributed by atoms with Gasteiger partial charge in [0, 0.05) is 18.3 Å². The Labute approximate surface area is 96.7 Å². The highest BCUT2D eigenvalue weighted by Gasteiger charge is 2.31. The van der Waals surface area contributed by atoms with Gasteiger partial charge in [0.15, 0.2) is 0 Å². The van der Waals surface area contributed by atoms with E-state index in [1.165, 1.54) is 12.8 Å². The van der Waals surface area contributed by atoms with Gasteiger partial charge in [-0.15, -0.1) is 0 Å². The first-order valence-electron chi connectivity index (χ1n) is 5.73. The lowest BCUT2D eigenvalue weighted by Crippen LogP contribution is -2.37. The topological polar surface area (TPSA) is 38.2 Å². The molecule has 1 saturated heterocycles. The molecular formula is C12H19N3O. The van der Waals surface area contributed by atoms with Crippen molar-refractivity contribution >= 4 is 0 Å². The first kappa shape index (κ1) is 11.3. The molecule has 0 saturated carbocycles. The predicted octanol–water partition coefficient (Wildman–Crippen LogP) is 1.86.